The van der Waals surface area contributed by atoms with E-state index in [1.165, 1.54) is 13.1 Å². The van der Waals surface area contributed by atoms with Crippen molar-refractivity contribution < 1.29 is 27.8 Å². The molecule has 4 heterocycles. The fourth-order valence-electron chi connectivity index (χ4n) is 6.60. The maximum absolute atomic E-state index is 15.2. The molecule has 2 aromatic heterocycles. The highest BCUT2D eigenvalue weighted by Crippen LogP contribution is 2.50. The molecule has 1 saturated carbocycles. The Morgan fingerprint density at radius 2 is 2.02 bits per heavy atom. The smallest absolute Gasteiger partial charge is 0.410 e. The van der Waals surface area contributed by atoms with Crippen molar-refractivity contribution in [1.29, 1.82) is 0 Å². The Morgan fingerprint density at radius 1 is 1.29 bits per heavy atom. The van der Waals surface area contributed by atoms with Gasteiger partial charge < -0.3 is 24.2 Å². The molecule has 3 aliphatic rings. The molecule has 0 radical (unpaired) electrons. The van der Waals surface area contributed by atoms with Gasteiger partial charge >= 0.3 is 12.1 Å². The van der Waals surface area contributed by atoms with Crippen molar-refractivity contribution in [2.75, 3.05) is 38.2 Å². The largest absolute Gasteiger partial charge is 0.463 e. The van der Waals surface area contributed by atoms with Crippen LogP contribution in [0.4, 0.5) is 19.4 Å². The van der Waals surface area contributed by atoms with E-state index in [9.17, 15) is 14.0 Å². The summed E-state index contributed by atoms with van der Waals surface area (Å²) in [5.41, 5.74) is -1.25. The number of hydrogen-bond donors (Lipinski definition) is 0. The van der Waals surface area contributed by atoms with E-state index in [-0.39, 0.29) is 53.6 Å². The first kappa shape index (κ1) is 29.5. The van der Waals surface area contributed by atoms with E-state index in [2.05, 4.69) is 15.0 Å². The Hall–Kier alpha value is -3.02. The zero-order valence-corrected chi connectivity index (χ0v) is 25.0. The number of pyridine rings is 1. The number of rotatable bonds is 5. The Bertz CT molecular complexity index is 1360. The molecule has 1 aliphatic carbocycles. The summed E-state index contributed by atoms with van der Waals surface area (Å²) in [4.78, 5) is 43.1. The zero-order chi connectivity index (χ0) is 29.9. The first-order valence-corrected chi connectivity index (χ1v) is 14.3. The monoisotopic (exact) mass is 594 g/mol. The number of carbonyl (C=O) groups excluding carboxylic acids is 2. The lowest BCUT2D eigenvalue weighted by molar-refractivity contribution is -0.128. The van der Waals surface area contributed by atoms with Gasteiger partial charge in [0.15, 0.2) is 11.0 Å². The molecule has 0 aromatic carbocycles. The minimum Gasteiger partial charge on any atom is -0.463 e. The highest BCUT2D eigenvalue weighted by Gasteiger charge is 2.54. The third-order valence-electron chi connectivity index (χ3n) is 8.69. The number of carbonyl (C=O) groups is 2. The van der Waals surface area contributed by atoms with Gasteiger partial charge in [-0.25, -0.2) is 18.6 Å². The average molecular weight is 595 g/mol. The van der Waals surface area contributed by atoms with Gasteiger partial charge in [0.25, 0.3) is 0 Å². The number of amides is 2. The second kappa shape index (κ2) is 10.7. The topological polar surface area (TPSA) is 101 Å². The fourth-order valence-corrected chi connectivity index (χ4v) is 6.74. The van der Waals surface area contributed by atoms with Crippen LogP contribution in [0.2, 0.25) is 5.15 Å². The predicted molar refractivity (Wildman–Crippen MR) is 149 cm³/mol. The van der Waals surface area contributed by atoms with Crippen LogP contribution in [0.3, 0.4) is 0 Å². The van der Waals surface area contributed by atoms with Crippen molar-refractivity contribution in [2.45, 2.75) is 77.7 Å². The van der Waals surface area contributed by atoms with Crippen LogP contribution >= 0.6 is 11.6 Å². The number of halogens is 3. The number of ether oxygens (including phenoxy) is 2. The van der Waals surface area contributed by atoms with Crippen LogP contribution in [-0.4, -0.2) is 93.9 Å². The molecule has 2 amide bonds. The summed E-state index contributed by atoms with van der Waals surface area (Å²) in [5.74, 6) is -0.533. The molecular weight excluding hydrogens is 558 g/mol. The molecule has 2 aliphatic heterocycles. The van der Waals surface area contributed by atoms with Crippen LogP contribution < -0.4 is 9.64 Å². The van der Waals surface area contributed by atoms with E-state index in [0.29, 0.717) is 43.7 Å². The fraction of sp³-hybridized carbons (Fsp3) is 0.679. The van der Waals surface area contributed by atoms with Gasteiger partial charge in [-0.1, -0.05) is 11.6 Å². The molecule has 13 heteroatoms. The minimum atomic E-state index is -0.976. The maximum Gasteiger partial charge on any atom is 0.410 e. The van der Waals surface area contributed by atoms with E-state index in [0.717, 1.165) is 0 Å². The van der Waals surface area contributed by atoms with Crippen LogP contribution in [0.1, 0.15) is 53.9 Å². The number of likely N-dealkylation sites (N-methyl/N-ethyl adjacent to an activating group) is 1. The summed E-state index contributed by atoms with van der Waals surface area (Å²) < 4.78 is 41.4. The van der Waals surface area contributed by atoms with E-state index in [4.69, 9.17) is 21.1 Å². The van der Waals surface area contributed by atoms with Gasteiger partial charge in [-0.3, -0.25) is 4.79 Å². The summed E-state index contributed by atoms with van der Waals surface area (Å²) in [7, 11) is 1.82. The van der Waals surface area contributed by atoms with Crippen LogP contribution in [0.25, 0.3) is 10.9 Å². The molecule has 0 N–H and O–H groups in total. The highest BCUT2D eigenvalue weighted by molar-refractivity contribution is 6.30. The zero-order valence-electron chi connectivity index (χ0n) is 24.3. The van der Waals surface area contributed by atoms with E-state index >= 15 is 4.39 Å². The molecular formula is C28H37ClF2N6O4. The van der Waals surface area contributed by atoms with Gasteiger partial charge in [-0.2, -0.15) is 9.97 Å². The van der Waals surface area contributed by atoms with Gasteiger partial charge in [0, 0.05) is 45.2 Å². The molecule has 5 atom stereocenters. The second-order valence-electron chi connectivity index (χ2n) is 12.6. The highest BCUT2D eigenvalue weighted by atomic mass is 35.5. The maximum atomic E-state index is 15.2. The third kappa shape index (κ3) is 5.59. The molecule has 10 nitrogen and oxygen atoms in total. The summed E-state index contributed by atoms with van der Waals surface area (Å²) in [6.45, 7) is 10.3. The van der Waals surface area contributed by atoms with Gasteiger partial charge in [-0.15, -0.1) is 0 Å². The molecule has 224 valence electrons. The predicted octanol–water partition coefficient (Wildman–Crippen LogP) is 4.63. The first-order valence-electron chi connectivity index (χ1n) is 14.0. The van der Waals surface area contributed by atoms with Gasteiger partial charge in [-0.05, 0) is 52.9 Å². The van der Waals surface area contributed by atoms with Crippen molar-refractivity contribution >= 4 is 40.3 Å². The summed E-state index contributed by atoms with van der Waals surface area (Å²) in [5, 5.41) is 0.0118. The Labute approximate surface area is 243 Å². The molecule has 41 heavy (non-hydrogen) atoms. The normalized spacial score (nSPS) is 27.8. The summed E-state index contributed by atoms with van der Waals surface area (Å²) in [6, 6.07) is -0.479. The molecule has 5 rings (SSSR count). The van der Waals surface area contributed by atoms with Crippen LogP contribution in [0.5, 0.6) is 6.01 Å². The quantitative estimate of drug-likeness (QED) is 0.462. The Balaban J connectivity index is 1.44. The van der Waals surface area contributed by atoms with Crippen molar-refractivity contribution in [3.05, 3.63) is 17.2 Å². The van der Waals surface area contributed by atoms with Gasteiger partial charge in [0.1, 0.15) is 23.1 Å². The lowest BCUT2D eigenvalue weighted by atomic mass is 9.81. The number of hydrogen-bond acceptors (Lipinski definition) is 8. The second-order valence-corrected chi connectivity index (χ2v) is 13.0. The lowest BCUT2D eigenvalue weighted by Crippen LogP contribution is -2.45. The van der Waals surface area contributed by atoms with Gasteiger partial charge in [0.05, 0.1) is 24.1 Å². The molecule has 3 unspecified atom stereocenters. The first-order chi connectivity index (χ1) is 19.2. The van der Waals surface area contributed by atoms with Gasteiger partial charge in [0.2, 0.25) is 5.91 Å². The van der Waals surface area contributed by atoms with Crippen molar-refractivity contribution in [3.63, 3.8) is 0 Å². The summed E-state index contributed by atoms with van der Waals surface area (Å²) >= 11 is 6.01. The molecule has 0 bridgehead atoms. The third-order valence-corrected chi connectivity index (χ3v) is 8.95. The van der Waals surface area contributed by atoms with E-state index in [1.807, 2.05) is 39.6 Å². The lowest BCUT2D eigenvalue weighted by Gasteiger charge is -2.33. The number of alkyl halides is 1. The van der Waals surface area contributed by atoms with Crippen molar-refractivity contribution in [3.8, 4) is 6.01 Å². The summed E-state index contributed by atoms with van der Waals surface area (Å²) in [6.07, 6.45) is 1.31. The Morgan fingerprint density at radius 3 is 2.71 bits per heavy atom. The number of fused-ring (bicyclic) bond motifs is 2. The number of aromatic nitrogens is 3. The van der Waals surface area contributed by atoms with Crippen LogP contribution in [-0.2, 0) is 9.53 Å². The van der Waals surface area contributed by atoms with E-state index < -0.39 is 29.1 Å². The number of likely N-dealkylation sites (tertiary alicyclic amines) is 2. The molecule has 3 fully saturated rings. The average Bonchev–Trinajstić information content (AvgIpc) is 3.53. The SMILES string of the molecule is CC(=O)N1CC2CC(F)CC2(COc2nc(N(C)[C@@H]3CCN(C(=O)OC(C)(C)C)[C@@H]3C)c3cnc(Cl)c(F)c3n2)C1. The van der Waals surface area contributed by atoms with E-state index in [1.54, 1.807) is 9.80 Å². The Kier molecular flexibility index (Phi) is 7.67. The molecule has 2 aromatic rings. The van der Waals surface area contributed by atoms with Crippen molar-refractivity contribution in [2.24, 2.45) is 11.3 Å². The van der Waals surface area contributed by atoms with Crippen LogP contribution in [0, 0.1) is 17.2 Å². The number of anilines is 1. The minimum absolute atomic E-state index is 0.0439. The standard InChI is InChI=1S/C28H37ClF2N6O4/c1-15-20(7-8-37(15)26(39)41-27(3,4)5)35(6)24-19-11-32-23(29)21(31)22(19)33-25(34-24)40-14-28-10-18(30)9-17(28)12-36(13-28)16(2)38/h11,15,17-18,20H,7-10,12-14H2,1-6H3/t15-,17?,18?,20-,28?/m1/s1. The molecule has 2 saturated heterocycles. The number of nitrogens with zero attached hydrogens (tertiary/aromatic N) is 6. The van der Waals surface area contributed by atoms with Crippen LogP contribution in [0.15, 0.2) is 6.20 Å². The van der Waals surface area contributed by atoms with Crippen molar-refractivity contribution in [1.82, 2.24) is 24.8 Å². The molecule has 0 spiro atoms.